The molecule has 1 saturated heterocycles. The molecule has 0 atom stereocenters. The van der Waals surface area contributed by atoms with Gasteiger partial charge in [0.15, 0.2) is 5.78 Å². The number of piperazine rings is 1. The fourth-order valence-electron chi connectivity index (χ4n) is 3.40. The minimum absolute atomic E-state index is 0.00374. The average molecular weight is 381 g/mol. The SMILES string of the molecule is Cc1ccccc1C(=O)CCC(=O)N1CCN(c2ccc([N+](=O)[O-])cc2)CC1. The summed E-state index contributed by atoms with van der Waals surface area (Å²) in [7, 11) is 0. The molecule has 0 bridgehead atoms. The zero-order valence-corrected chi connectivity index (χ0v) is 15.8. The van der Waals surface area contributed by atoms with Gasteiger partial charge in [-0.1, -0.05) is 24.3 Å². The van der Waals surface area contributed by atoms with Crippen LogP contribution in [0.4, 0.5) is 11.4 Å². The van der Waals surface area contributed by atoms with Gasteiger partial charge in [-0.2, -0.15) is 0 Å². The highest BCUT2D eigenvalue weighted by molar-refractivity contribution is 5.99. The van der Waals surface area contributed by atoms with Crippen molar-refractivity contribution < 1.29 is 14.5 Å². The lowest BCUT2D eigenvalue weighted by Gasteiger charge is -2.36. The van der Waals surface area contributed by atoms with E-state index in [1.807, 2.05) is 25.1 Å². The Hall–Kier alpha value is -3.22. The van der Waals surface area contributed by atoms with Crippen molar-refractivity contribution in [1.29, 1.82) is 0 Å². The zero-order valence-electron chi connectivity index (χ0n) is 15.8. The average Bonchev–Trinajstić information content (AvgIpc) is 2.72. The second-order valence-electron chi connectivity index (χ2n) is 6.88. The van der Waals surface area contributed by atoms with Gasteiger partial charge in [-0.25, -0.2) is 0 Å². The van der Waals surface area contributed by atoms with Gasteiger partial charge in [-0.05, 0) is 24.6 Å². The van der Waals surface area contributed by atoms with Gasteiger partial charge in [0.25, 0.3) is 5.69 Å². The molecule has 1 amide bonds. The summed E-state index contributed by atoms with van der Waals surface area (Å²) in [5.74, 6) is -0.0127. The van der Waals surface area contributed by atoms with E-state index in [-0.39, 0.29) is 30.2 Å². The third-order valence-electron chi connectivity index (χ3n) is 5.07. The van der Waals surface area contributed by atoms with Crippen LogP contribution in [-0.2, 0) is 4.79 Å². The fourth-order valence-corrected chi connectivity index (χ4v) is 3.40. The van der Waals surface area contributed by atoms with E-state index in [1.165, 1.54) is 12.1 Å². The van der Waals surface area contributed by atoms with Crippen LogP contribution in [0.2, 0.25) is 0 Å². The molecule has 1 aliphatic heterocycles. The van der Waals surface area contributed by atoms with E-state index in [0.29, 0.717) is 31.7 Å². The molecule has 2 aromatic rings. The number of benzene rings is 2. The number of hydrogen-bond acceptors (Lipinski definition) is 5. The quantitative estimate of drug-likeness (QED) is 0.436. The number of ketones is 1. The van der Waals surface area contributed by atoms with Gasteiger partial charge in [0.05, 0.1) is 4.92 Å². The van der Waals surface area contributed by atoms with E-state index in [9.17, 15) is 19.7 Å². The Balaban J connectivity index is 1.49. The first-order chi connectivity index (χ1) is 13.5. The van der Waals surface area contributed by atoms with Crippen LogP contribution < -0.4 is 4.90 Å². The lowest BCUT2D eigenvalue weighted by atomic mass is 10.0. The summed E-state index contributed by atoms with van der Waals surface area (Å²) >= 11 is 0. The number of nitrogens with zero attached hydrogens (tertiary/aromatic N) is 3. The van der Waals surface area contributed by atoms with Crippen LogP contribution in [0.25, 0.3) is 0 Å². The van der Waals surface area contributed by atoms with E-state index in [2.05, 4.69) is 4.90 Å². The summed E-state index contributed by atoms with van der Waals surface area (Å²) in [6.07, 6.45) is 0.428. The van der Waals surface area contributed by atoms with Crippen molar-refractivity contribution >= 4 is 23.1 Å². The van der Waals surface area contributed by atoms with Gasteiger partial charge in [0.2, 0.25) is 5.91 Å². The second kappa shape index (κ2) is 8.65. The Kier molecular flexibility index (Phi) is 6.03. The molecule has 1 heterocycles. The number of rotatable bonds is 6. The van der Waals surface area contributed by atoms with Crippen LogP contribution in [0.15, 0.2) is 48.5 Å². The number of anilines is 1. The van der Waals surface area contributed by atoms with Gasteiger partial charge in [0, 0.05) is 62.4 Å². The lowest BCUT2D eigenvalue weighted by Crippen LogP contribution is -2.48. The number of amides is 1. The maximum Gasteiger partial charge on any atom is 0.269 e. The molecule has 0 radical (unpaired) electrons. The number of Topliss-reactive ketones (excluding diaryl/α,β-unsaturated/α-hetero) is 1. The summed E-state index contributed by atoms with van der Waals surface area (Å²) < 4.78 is 0. The summed E-state index contributed by atoms with van der Waals surface area (Å²) in [4.78, 5) is 39.0. The minimum Gasteiger partial charge on any atom is -0.368 e. The number of aryl methyl sites for hydroxylation is 1. The maximum atomic E-state index is 12.5. The van der Waals surface area contributed by atoms with E-state index in [1.54, 1.807) is 23.1 Å². The van der Waals surface area contributed by atoms with Crippen LogP contribution in [0.3, 0.4) is 0 Å². The van der Waals surface area contributed by atoms with E-state index in [4.69, 9.17) is 0 Å². The first-order valence-corrected chi connectivity index (χ1v) is 9.31. The van der Waals surface area contributed by atoms with Gasteiger partial charge in [0.1, 0.15) is 0 Å². The molecule has 1 aliphatic rings. The molecule has 0 aromatic heterocycles. The molecule has 0 unspecified atom stereocenters. The van der Waals surface area contributed by atoms with Crippen molar-refractivity contribution in [3.8, 4) is 0 Å². The van der Waals surface area contributed by atoms with E-state index < -0.39 is 4.92 Å². The number of non-ortho nitro benzene ring substituents is 1. The lowest BCUT2D eigenvalue weighted by molar-refractivity contribution is -0.384. The summed E-state index contributed by atoms with van der Waals surface area (Å²) in [6, 6.07) is 13.9. The molecule has 0 spiro atoms. The van der Waals surface area contributed by atoms with Gasteiger partial charge >= 0.3 is 0 Å². The second-order valence-corrected chi connectivity index (χ2v) is 6.88. The third-order valence-corrected chi connectivity index (χ3v) is 5.07. The number of nitro benzene ring substituents is 1. The molecular formula is C21H23N3O4. The molecule has 0 aliphatic carbocycles. The monoisotopic (exact) mass is 381 g/mol. The normalized spacial score (nSPS) is 14.0. The Labute approximate surface area is 163 Å². The van der Waals surface area contributed by atoms with Crippen molar-refractivity contribution in [3.05, 3.63) is 69.8 Å². The smallest absolute Gasteiger partial charge is 0.269 e. The van der Waals surface area contributed by atoms with Crippen molar-refractivity contribution in [2.24, 2.45) is 0 Å². The molecular weight excluding hydrogens is 358 g/mol. The van der Waals surface area contributed by atoms with Crippen molar-refractivity contribution in [2.75, 3.05) is 31.1 Å². The Morgan fingerprint density at radius 3 is 2.21 bits per heavy atom. The highest BCUT2D eigenvalue weighted by atomic mass is 16.6. The highest BCUT2D eigenvalue weighted by Crippen LogP contribution is 2.21. The number of hydrogen-bond donors (Lipinski definition) is 0. The van der Waals surface area contributed by atoms with Crippen LogP contribution in [-0.4, -0.2) is 47.7 Å². The van der Waals surface area contributed by atoms with Crippen LogP contribution >= 0.6 is 0 Å². The molecule has 7 nitrogen and oxygen atoms in total. The number of nitro groups is 1. The van der Waals surface area contributed by atoms with Crippen molar-refractivity contribution in [3.63, 3.8) is 0 Å². The third kappa shape index (κ3) is 4.54. The molecule has 0 saturated carbocycles. The van der Waals surface area contributed by atoms with E-state index in [0.717, 1.165) is 11.3 Å². The molecule has 146 valence electrons. The maximum absolute atomic E-state index is 12.5. The summed E-state index contributed by atoms with van der Waals surface area (Å²) in [5, 5.41) is 10.7. The number of carbonyl (C=O) groups excluding carboxylic acids is 2. The summed E-state index contributed by atoms with van der Waals surface area (Å²) in [5.41, 5.74) is 2.58. The van der Waals surface area contributed by atoms with Crippen molar-refractivity contribution in [1.82, 2.24) is 4.90 Å². The topological polar surface area (TPSA) is 83.8 Å². The first-order valence-electron chi connectivity index (χ1n) is 9.31. The van der Waals surface area contributed by atoms with E-state index >= 15 is 0 Å². The molecule has 1 fully saturated rings. The predicted molar refractivity (Wildman–Crippen MR) is 107 cm³/mol. The minimum atomic E-state index is -0.418. The Bertz CT molecular complexity index is 871. The van der Waals surface area contributed by atoms with Crippen LogP contribution in [0, 0.1) is 17.0 Å². The zero-order chi connectivity index (χ0) is 20.1. The van der Waals surface area contributed by atoms with Gasteiger partial charge in [-0.3, -0.25) is 19.7 Å². The number of carbonyl (C=O) groups is 2. The standard InChI is InChI=1S/C21H23N3O4/c1-16-4-2-3-5-19(16)20(25)10-11-21(26)23-14-12-22(13-15-23)17-6-8-18(9-7-17)24(27)28/h2-9H,10-15H2,1H3. The highest BCUT2D eigenvalue weighted by Gasteiger charge is 2.22. The Morgan fingerprint density at radius 2 is 1.61 bits per heavy atom. The van der Waals surface area contributed by atoms with Gasteiger partial charge < -0.3 is 9.80 Å². The fraction of sp³-hybridized carbons (Fsp3) is 0.333. The molecule has 3 rings (SSSR count). The van der Waals surface area contributed by atoms with Crippen LogP contribution in [0.1, 0.15) is 28.8 Å². The largest absolute Gasteiger partial charge is 0.368 e. The van der Waals surface area contributed by atoms with Gasteiger partial charge in [-0.15, -0.1) is 0 Å². The Morgan fingerprint density at radius 1 is 0.964 bits per heavy atom. The molecule has 2 aromatic carbocycles. The van der Waals surface area contributed by atoms with Crippen molar-refractivity contribution in [2.45, 2.75) is 19.8 Å². The summed E-state index contributed by atoms with van der Waals surface area (Å²) in [6.45, 7) is 4.37. The molecule has 7 heteroatoms. The first kappa shape index (κ1) is 19.5. The molecule has 28 heavy (non-hydrogen) atoms. The van der Waals surface area contributed by atoms with Crippen LogP contribution in [0.5, 0.6) is 0 Å². The predicted octanol–water partition coefficient (Wildman–Crippen LogP) is 3.21. The molecule has 0 N–H and O–H groups in total.